The fraction of sp³-hybridized carbons (Fsp3) is 1.00. The maximum atomic E-state index is 7.56. The van der Waals surface area contributed by atoms with E-state index in [1.54, 1.807) is 0 Å². The van der Waals surface area contributed by atoms with E-state index < -0.39 is 13.4 Å². The summed E-state index contributed by atoms with van der Waals surface area (Å²) in [4.78, 5) is 45.3. The van der Waals surface area contributed by atoms with Gasteiger partial charge in [-0.3, -0.25) is 0 Å². The van der Waals surface area contributed by atoms with Gasteiger partial charge in [-0.25, -0.2) is 0 Å². The summed E-state index contributed by atoms with van der Waals surface area (Å²) >= 11 is 8.66. The molecule has 0 aliphatic heterocycles. The Morgan fingerprint density at radius 1 is 0.882 bits per heavy atom. The normalized spacial score (nSPS) is 13.2. The Hall–Kier alpha value is 1.68. The van der Waals surface area contributed by atoms with Gasteiger partial charge in [0.2, 0.25) is 0 Å². The van der Waals surface area contributed by atoms with Gasteiger partial charge < -0.3 is 29.4 Å². The van der Waals surface area contributed by atoms with Gasteiger partial charge >= 0.3 is 69.4 Å². The standard InChI is InChI=1S/C6H13.2H3O3PS.Zn/c1-4-5-6(2)3;2*1-4(2,3)5;/h4,6H,5H2,1-3H3;2*(H3,1,2,3,5);. The molecule has 6 N–H and O–H groups in total. The molecule has 0 aliphatic rings. The van der Waals surface area contributed by atoms with Crippen LogP contribution in [0.4, 0.5) is 0 Å². The zero-order valence-electron chi connectivity index (χ0n) is 9.96. The van der Waals surface area contributed by atoms with Crippen molar-refractivity contribution in [2.24, 2.45) is 5.92 Å². The van der Waals surface area contributed by atoms with Crippen LogP contribution < -0.4 is 0 Å². The maximum absolute atomic E-state index is 7.56. The van der Waals surface area contributed by atoms with Crippen LogP contribution in [0.1, 0.15) is 27.2 Å². The molecule has 103 valence electrons. The molecule has 6 nitrogen and oxygen atoms in total. The molecule has 11 heteroatoms. The van der Waals surface area contributed by atoms with Gasteiger partial charge in [0.25, 0.3) is 0 Å². The monoisotopic (exact) mass is 377 g/mol. The first kappa shape index (κ1) is 23.8. The molecule has 1 atom stereocenters. The van der Waals surface area contributed by atoms with Crippen molar-refractivity contribution in [3.8, 4) is 0 Å². The van der Waals surface area contributed by atoms with Crippen LogP contribution >= 0.6 is 13.4 Å². The predicted octanol–water partition coefficient (Wildman–Crippen LogP) is 0.763. The molecule has 0 saturated heterocycles. The summed E-state index contributed by atoms with van der Waals surface area (Å²) in [5, 5.41) is 0. The fourth-order valence-corrected chi connectivity index (χ4v) is 2.20. The average molecular weight is 379 g/mol. The topological polar surface area (TPSA) is 121 Å². The quantitative estimate of drug-likeness (QED) is 0.308. The van der Waals surface area contributed by atoms with Crippen LogP contribution in [-0.2, 0) is 41.9 Å². The summed E-state index contributed by atoms with van der Waals surface area (Å²) in [5.74, 6) is 0.906. The van der Waals surface area contributed by atoms with E-state index in [9.17, 15) is 0 Å². The van der Waals surface area contributed by atoms with Gasteiger partial charge in [-0.2, -0.15) is 0 Å². The van der Waals surface area contributed by atoms with Crippen molar-refractivity contribution >= 4 is 37.1 Å². The van der Waals surface area contributed by atoms with E-state index >= 15 is 0 Å². The second-order valence-electron chi connectivity index (χ2n) is 3.76. The predicted molar refractivity (Wildman–Crippen MR) is 70.8 cm³/mol. The van der Waals surface area contributed by atoms with Crippen molar-refractivity contribution in [3.05, 3.63) is 0 Å². The molecule has 1 unspecified atom stereocenters. The fourth-order valence-electron chi connectivity index (χ4n) is 0.805. The van der Waals surface area contributed by atoms with Crippen LogP contribution in [0.25, 0.3) is 0 Å². The molecule has 0 aromatic carbocycles. The molecule has 0 aromatic heterocycles. The smallest absolute Gasteiger partial charge is 0.319 e. The Balaban J connectivity index is -0.000000177. The van der Waals surface area contributed by atoms with Gasteiger partial charge in [0.1, 0.15) is 0 Å². The van der Waals surface area contributed by atoms with Gasteiger partial charge in [-0.15, -0.1) is 0 Å². The van der Waals surface area contributed by atoms with Gasteiger partial charge in [0.05, 0.1) is 0 Å². The minimum Gasteiger partial charge on any atom is -0.325 e. The Bertz CT molecular complexity index is 221. The van der Waals surface area contributed by atoms with Crippen LogP contribution in [0.5, 0.6) is 0 Å². The van der Waals surface area contributed by atoms with E-state index in [0.717, 1.165) is 10.4 Å². The number of hydrogen-bond donors (Lipinski definition) is 6. The molecule has 0 saturated carbocycles. The minimum atomic E-state index is -3.81. The molecular weight excluding hydrogens is 360 g/mol. The Morgan fingerprint density at radius 2 is 1.06 bits per heavy atom. The van der Waals surface area contributed by atoms with E-state index in [2.05, 4.69) is 44.4 Å². The average Bonchev–Trinajstić information content (AvgIpc) is 1.71. The first-order valence-corrected chi connectivity index (χ1v) is 11.6. The van der Waals surface area contributed by atoms with E-state index in [-0.39, 0.29) is 0 Å². The maximum Gasteiger partial charge on any atom is 0.319 e. The van der Waals surface area contributed by atoms with E-state index in [1.165, 1.54) is 24.7 Å². The zero-order chi connectivity index (χ0) is 14.9. The summed E-state index contributed by atoms with van der Waals surface area (Å²) in [7, 11) is 0. The molecule has 0 rings (SSSR count). The van der Waals surface area contributed by atoms with Crippen molar-refractivity contribution in [1.29, 1.82) is 0 Å². The van der Waals surface area contributed by atoms with Crippen molar-refractivity contribution in [1.82, 2.24) is 0 Å². The van der Waals surface area contributed by atoms with Crippen LogP contribution in [0.3, 0.4) is 0 Å². The van der Waals surface area contributed by atoms with Gasteiger partial charge in [-0.05, 0) is 23.6 Å². The minimum absolute atomic E-state index is 0.906. The van der Waals surface area contributed by atoms with Crippen LogP contribution in [0, 0.1) is 5.92 Å². The summed E-state index contributed by atoms with van der Waals surface area (Å²) in [5.41, 5.74) is 0. The third-order valence-corrected chi connectivity index (χ3v) is 1.57. The van der Waals surface area contributed by atoms with Crippen molar-refractivity contribution in [3.63, 3.8) is 0 Å². The summed E-state index contributed by atoms with van der Waals surface area (Å²) in [6.45, 7) is -0.724. The molecule has 0 spiro atoms. The van der Waals surface area contributed by atoms with Crippen molar-refractivity contribution in [2.75, 3.05) is 0 Å². The van der Waals surface area contributed by atoms with Gasteiger partial charge in [0.15, 0.2) is 0 Å². The first-order valence-electron chi connectivity index (χ1n) is 4.52. The second-order valence-corrected chi connectivity index (χ2v) is 11.7. The first-order chi connectivity index (χ1) is 7.13. The van der Waals surface area contributed by atoms with Crippen LogP contribution in [0.15, 0.2) is 0 Å². The molecule has 0 aromatic rings. The third kappa shape index (κ3) is 135. The van der Waals surface area contributed by atoms with Gasteiger partial charge in [0, 0.05) is 0 Å². The molecule has 0 fully saturated rings. The molecule has 0 amide bonds. The molecule has 0 radical (unpaired) electrons. The Kier molecular flexibility index (Phi) is 16.1. The van der Waals surface area contributed by atoms with Crippen LogP contribution in [-0.4, -0.2) is 29.4 Å². The van der Waals surface area contributed by atoms with E-state index in [0.29, 0.717) is 0 Å². The Labute approximate surface area is 122 Å². The summed E-state index contributed by atoms with van der Waals surface area (Å²) in [6, 6.07) is 0. The summed E-state index contributed by atoms with van der Waals surface area (Å²) in [6.07, 6.45) is 1.42. The number of hydrogen-bond acceptors (Lipinski definition) is 2. The third-order valence-electron chi connectivity index (χ3n) is 0.874. The largest absolute Gasteiger partial charge is 0.325 e. The zero-order valence-corrected chi connectivity index (χ0v) is 16.4. The van der Waals surface area contributed by atoms with E-state index in [1.807, 2.05) is 0 Å². The molecule has 0 aliphatic carbocycles. The molecule has 0 bridgehead atoms. The SMILES string of the molecule is CC(C)C[CH](C)[Zn].OP(O)(O)=S.OP(O)(O)=S. The van der Waals surface area contributed by atoms with E-state index in [4.69, 9.17) is 29.4 Å². The second kappa shape index (κ2) is 11.5. The number of rotatable bonds is 2. The Morgan fingerprint density at radius 3 is 1.06 bits per heavy atom. The molecular formula is C6H19O6P2S2Zn. The molecule has 0 heterocycles. The van der Waals surface area contributed by atoms with Crippen molar-refractivity contribution < 1.29 is 47.7 Å². The molecule has 17 heavy (non-hydrogen) atoms. The van der Waals surface area contributed by atoms with Crippen LogP contribution in [0.2, 0.25) is 4.51 Å². The van der Waals surface area contributed by atoms with Gasteiger partial charge in [-0.1, -0.05) is 0 Å². The van der Waals surface area contributed by atoms with Crippen molar-refractivity contribution in [2.45, 2.75) is 31.7 Å². The summed E-state index contributed by atoms with van der Waals surface area (Å²) < 4.78 is 1.000.